The first-order valence-electron chi connectivity index (χ1n) is 25.1. The molecule has 3 fully saturated rings. The summed E-state index contributed by atoms with van der Waals surface area (Å²) in [6, 6.07) is 11.5. The molecule has 9 atom stereocenters. The molecule has 3 N–H and O–H groups in total. The Morgan fingerprint density at radius 2 is 1.52 bits per heavy atom. The van der Waals surface area contributed by atoms with Crippen LogP contribution in [0, 0.1) is 24.7 Å². The molecule has 16 nitrogen and oxygen atoms in total. The van der Waals surface area contributed by atoms with E-state index in [9.17, 15) is 33.6 Å². The normalized spacial score (nSPS) is 20.3. The largest absolute Gasteiger partial charge is 0.379 e. The fourth-order valence-electron chi connectivity index (χ4n) is 9.18. The van der Waals surface area contributed by atoms with Crippen molar-refractivity contribution in [1.29, 1.82) is 0 Å². The van der Waals surface area contributed by atoms with Crippen LogP contribution in [0.4, 0.5) is 0 Å². The number of hydrogen-bond acceptors (Lipinski definition) is 10. The minimum atomic E-state index is -0.219. The minimum Gasteiger partial charge on any atom is -0.379 e. The van der Waals surface area contributed by atoms with Crippen LogP contribution in [0.1, 0.15) is 138 Å². The quantitative estimate of drug-likeness (QED) is 0.0478. The monoisotopic (exact) mass is 991 g/mol. The van der Waals surface area contributed by atoms with E-state index >= 15 is 0 Å². The Labute approximate surface area is 417 Å². The second-order valence-corrected chi connectivity index (χ2v) is 19.0. The first-order valence-corrected chi connectivity index (χ1v) is 26.3. The molecule has 4 aliphatic rings. The number of methoxy groups -OCH3 is 2. The number of carbonyl (C=O) groups is 7. The maximum Gasteiger partial charge on any atom is 0.253 e. The Balaban J connectivity index is 0.000000883. The van der Waals surface area contributed by atoms with Crippen LogP contribution in [-0.2, 0) is 43.0 Å². The van der Waals surface area contributed by atoms with Crippen LogP contribution in [0.15, 0.2) is 42.5 Å². The van der Waals surface area contributed by atoms with Crippen LogP contribution in [0.2, 0.25) is 0 Å². The molecule has 3 aliphatic heterocycles. The first-order chi connectivity index (χ1) is 33.0. The van der Waals surface area contributed by atoms with E-state index in [0.717, 1.165) is 57.9 Å². The topological polar surface area (TPSA) is 195 Å². The van der Waals surface area contributed by atoms with E-state index in [2.05, 4.69) is 83.1 Å². The van der Waals surface area contributed by atoms with Gasteiger partial charge in [0.05, 0.1) is 37.1 Å². The maximum absolute atomic E-state index is 12.4. The van der Waals surface area contributed by atoms with Gasteiger partial charge in [-0.15, -0.1) is 0 Å². The summed E-state index contributed by atoms with van der Waals surface area (Å²) in [5.74, 6) is 1.29. The van der Waals surface area contributed by atoms with Crippen LogP contribution < -0.4 is 10.6 Å². The number of nitrogens with one attached hydrogen (secondary N) is 2. The fourth-order valence-corrected chi connectivity index (χ4v) is 9.35. The number of imide groups is 1. The number of aryl methyl sites for hydroxylation is 1. The van der Waals surface area contributed by atoms with E-state index in [1.807, 2.05) is 30.0 Å². The van der Waals surface area contributed by atoms with Crippen LogP contribution in [0.25, 0.3) is 0 Å². The number of carbonyl (C=O) groups excluding carboxylic acids is 7. The van der Waals surface area contributed by atoms with Gasteiger partial charge in [-0.05, 0) is 83.0 Å². The van der Waals surface area contributed by atoms with Gasteiger partial charge in [-0.3, -0.25) is 38.5 Å². The molecule has 17 heteroatoms. The number of piperidine rings is 1. The first kappa shape index (κ1) is 64.8. The molecule has 1 aromatic carbocycles. The number of fused-ring (bicyclic) bond motifs is 2. The van der Waals surface area contributed by atoms with Gasteiger partial charge in [-0.2, -0.15) is 0 Å². The second-order valence-electron chi connectivity index (χ2n) is 18.3. The van der Waals surface area contributed by atoms with E-state index in [4.69, 9.17) is 14.4 Å². The molecule has 2 saturated heterocycles. The highest BCUT2D eigenvalue weighted by molar-refractivity contribution is 7.31. The van der Waals surface area contributed by atoms with Crippen molar-refractivity contribution in [2.45, 2.75) is 176 Å². The van der Waals surface area contributed by atoms with E-state index < -0.39 is 0 Å². The highest BCUT2D eigenvalue weighted by Gasteiger charge is 2.45. The molecule has 7 amide bonds. The molecule has 5 rings (SSSR count). The zero-order valence-corrected chi connectivity index (χ0v) is 45.2. The highest BCUT2D eigenvalue weighted by Crippen LogP contribution is 2.42. The van der Waals surface area contributed by atoms with Crippen LogP contribution in [-0.4, -0.2) is 151 Å². The summed E-state index contributed by atoms with van der Waals surface area (Å²) in [4.78, 5) is 92.4. The Morgan fingerprint density at radius 1 is 0.899 bits per heavy atom. The van der Waals surface area contributed by atoms with E-state index in [1.165, 1.54) is 48.3 Å². The van der Waals surface area contributed by atoms with Gasteiger partial charge < -0.3 is 39.7 Å². The Kier molecular flexibility index (Phi) is 36.1. The van der Waals surface area contributed by atoms with Gasteiger partial charge in [-0.25, -0.2) is 0 Å². The van der Waals surface area contributed by atoms with E-state index in [0.29, 0.717) is 68.0 Å². The van der Waals surface area contributed by atoms with Gasteiger partial charge in [0.15, 0.2) is 0 Å². The van der Waals surface area contributed by atoms with Crippen LogP contribution >= 0.6 is 8.81 Å². The zero-order valence-electron chi connectivity index (χ0n) is 44.2. The molecule has 0 aromatic heterocycles. The van der Waals surface area contributed by atoms with Crippen molar-refractivity contribution in [2.75, 3.05) is 47.2 Å². The van der Waals surface area contributed by atoms with Crippen molar-refractivity contribution in [1.82, 2.24) is 30.2 Å². The summed E-state index contributed by atoms with van der Waals surface area (Å²) in [6.45, 7) is 20.4. The molecule has 2 bridgehead atoms. The molecule has 1 aliphatic carbocycles. The summed E-state index contributed by atoms with van der Waals surface area (Å²) < 4.78 is 10.9. The molecule has 9 unspecified atom stereocenters. The number of hydrogen-bond donors (Lipinski definition) is 3. The lowest BCUT2D eigenvalue weighted by Crippen LogP contribution is -2.51. The summed E-state index contributed by atoms with van der Waals surface area (Å²) in [5.41, 5.74) is 1.32. The molecule has 0 spiro atoms. The minimum absolute atomic E-state index is 0.0186. The average molecular weight is 991 g/mol. The number of benzene rings is 1. The van der Waals surface area contributed by atoms with E-state index in [1.54, 1.807) is 26.2 Å². The Bertz CT molecular complexity index is 1600. The number of rotatable bonds is 22. The van der Waals surface area contributed by atoms with Crippen molar-refractivity contribution in [3.8, 4) is 0 Å². The van der Waals surface area contributed by atoms with Crippen molar-refractivity contribution in [3.05, 3.63) is 48.0 Å². The van der Waals surface area contributed by atoms with Crippen LogP contribution in [0.3, 0.4) is 0 Å². The van der Waals surface area contributed by atoms with Gasteiger partial charge in [0.25, 0.3) is 11.8 Å². The third-order valence-corrected chi connectivity index (χ3v) is 13.3. The molecule has 394 valence electrons. The van der Waals surface area contributed by atoms with Gasteiger partial charge in [-0.1, -0.05) is 104 Å². The van der Waals surface area contributed by atoms with Crippen molar-refractivity contribution in [2.24, 2.45) is 17.8 Å². The standard InChI is InChI=1S/C17H24N2O3.C13H26N2O3.C10H19NO2.C7H8.C3H8.C2H6NO2P/c1-12-13-6-7-14(11-13)19(12)17(22)5-3-2-4-10-18-15(20)8-9-16(18)21;1-6-10(3)13(11(7-2)18-5)15(4)12(17)8-14-9-16;1-8(2)10(13-3)9-5-4-6-11(9)7-12;1-7-5-3-2-4-6-7;1-3-2;4-1-3-2-6-5/h8-9,12-14H,2-7,10-11H2,1H3;9-11,13H,6-8H2,1-5H3,(H,14,16);7-10H,4-6H2,1-3H3;2-6H,1H3;3H2,1-2H3;1,5-6H,2H2,(H,3,4). The average Bonchev–Trinajstić information content (AvgIpc) is 4.16. The predicted octanol–water partition coefficient (Wildman–Crippen LogP) is 6.87. The zero-order chi connectivity index (χ0) is 52.3. The second kappa shape index (κ2) is 38.5. The predicted molar refractivity (Wildman–Crippen MR) is 276 cm³/mol. The third-order valence-electron chi connectivity index (χ3n) is 12.9. The summed E-state index contributed by atoms with van der Waals surface area (Å²) in [6.07, 6.45) is 17.2. The van der Waals surface area contributed by atoms with Gasteiger partial charge in [0.2, 0.25) is 31.0 Å². The molecule has 0 radical (unpaired) electrons. The van der Waals surface area contributed by atoms with Gasteiger partial charge in [0.1, 0.15) is 0 Å². The number of likely N-dealkylation sites (N-methyl/N-ethyl adjacent to an activating group) is 1. The lowest BCUT2D eigenvalue weighted by molar-refractivity contribution is -0.138. The highest BCUT2D eigenvalue weighted by atomic mass is 31.1. The smallest absolute Gasteiger partial charge is 0.253 e. The fraction of sp³-hybridized carbons (Fsp3) is 0.712. The number of unbranched alkanes of at least 4 members (excludes halogenated alkanes) is 2. The van der Waals surface area contributed by atoms with E-state index in [-0.39, 0.29) is 57.2 Å². The van der Waals surface area contributed by atoms with Gasteiger partial charge >= 0.3 is 0 Å². The number of amides is 7. The molecular formula is C52H91N6O10P. The third kappa shape index (κ3) is 24.0. The molecule has 69 heavy (non-hydrogen) atoms. The number of nitrogens with zero attached hydrogens (tertiary/aromatic N) is 4. The molecule has 1 aromatic rings. The Hall–Kier alpha value is -4.24. The van der Waals surface area contributed by atoms with Crippen molar-refractivity contribution in [3.63, 3.8) is 0 Å². The molecular weight excluding hydrogens is 900 g/mol. The lowest BCUT2D eigenvalue weighted by Gasteiger charge is -2.37. The SMILES string of the molecule is CC1C2CCC(C2)N1C(=O)CCCCCN1C(=O)C=CC1=O.CCC.CCC(C)C(C(CC)OC)N(C)C(=O)CNC=O.COC(C(C)C)C1CCCN1C=O.Cc1ccccc1.O=CNCPO. The maximum atomic E-state index is 12.4. The number of ether oxygens (including phenoxy) is 2. The summed E-state index contributed by atoms with van der Waals surface area (Å²) in [7, 11) is 4.99. The van der Waals surface area contributed by atoms with Crippen molar-refractivity contribution < 1.29 is 47.9 Å². The summed E-state index contributed by atoms with van der Waals surface area (Å²) >= 11 is 0. The lowest BCUT2D eigenvalue weighted by atomic mass is 9.91. The Morgan fingerprint density at radius 3 is 1.96 bits per heavy atom. The van der Waals surface area contributed by atoms with Crippen molar-refractivity contribution >= 4 is 51.7 Å². The van der Waals surface area contributed by atoms with Crippen LogP contribution in [0.5, 0.6) is 0 Å². The molecule has 3 heterocycles. The summed E-state index contributed by atoms with van der Waals surface area (Å²) in [5, 5.41) is 4.68. The number of likely N-dealkylation sites (tertiary alicyclic amines) is 2. The molecule has 1 saturated carbocycles. The van der Waals surface area contributed by atoms with Gasteiger partial charge in [0, 0.05) is 73.8 Å².